The van der Waals surface area contributed by atoms with Gasteiger partial charge < -0.3 is 15.2 Å². The van der Waals surface area contributed by atoms with E-state index in [1.165, 1.54) is 0 Å². The summed E-state index contributed by atoms with van der Waals surface area (Å²) in [4.78, 5) is 11.8. The Bertz CT molecular complexity index is 227. The molecular weight excluding hydrogens is 218 g/mol. The van der Waals surface area contributed by atoms with Gasteiger partial charge in [-0.25, -0.2) is 0 Å². The average Bonchev–Trinajstić information content (AvgIpc) is 2.73. The lowest BCUT2D eigenvalue weighted by Crippen LogP contribution is -2.37. The van der Waals surface area contributed by atoms with Crippen LogP contribution < -0.4 is 5.32 Å². The number of hydrogen-bond acceptors (Lipinski definition) is 3. The summed E-state index contributed by atoms with van der Waals surface area (Å²) < 4.78 is 5.51. The van der Waals surface area contributed by atoms with Gasteiger partial charge in [0.05, 0.1) is 6.10 Å². The number of rotatable bonds is 7. The summed E-state index contributed by atoms with van der Waals surface area (Å²) in [5, 5.41) is 11.9. The van der Waals surface area contributed by atoms with Crippen molar-refractivity contribution in [2.45, 2.75) is 58.2 Å². The maximum absolute atomic E-state index is 11.8. The van der Waals surface area contributed by atoms with Crippen LogP contribution in [0.15, 0.2) is 0 Å². The maximum Gasteiger partial charge on any atom is 0.249 e. The van der Waals surface area contributed by atoms with E-state index in [1.54, 1.807) is 0 Å². The van der Waals surface area contributed by atoms with E-state index in [1.807, 2.05) is 6.92 Å². The second-order valence-electron chi connectivity index (χ2n) is 4.92. The fourth-order valence-electron chi connectivity index (χ4n) is 2.29. The zero-order valence-electron chi connectivity index (χ0n) is 10.9. The Hall–Kier alpha value is -0.610. The van der Waals surface area contributed by atoms with Gasteiger partial charge in [0.1, 0.15) is 6.10 Å². The maximum atomic E-state index is 11.8. The molecule has 1 aliphatic rings. The first kappa shape index (κ1) is 14.5. The molecule has 1 fully saturated rings. The number of ether oxygens (including phenoxy) is 1. The molecule has 0 aromatic carbocycles. The van der Waals surface area contributed by atoms with Crippen molar-refractivity contribution in [3.8, 4) is 0 Å². The van der Waals surface area contributed by atoms with Crippen LogP contribution in [-0.4, -0.2) is 36.4 Å². The van der Waals surface area contributed by atoms with Gasteiger partial charge in [-0.15, -0.1) is 0 Å². The van der Waals surface area contributed by atoms with E-state index in [0.717, 1.165) is 32.1 Å². The first-order valence-corrected chi connectivity index (χ1v) is 6.71. The lowest BCUT2D eigenvalue weighted by atomic mass is 10.00. The van der Waals surface area contributed by atoms with Crippen LogP contribution >= 0.6 is 0 Å². The van der Waals surface area contributed by atoms with E-state index in [-0.39, 0.29) is 24.7 Å². The van der Waals surface area contributed by atoms with E-state index in [0.29, 0.717) is 12.5 Å². The van der Waals surface area contributed by atoms with Gasteiger partial charge in [-0.3, -0.25) is 4.79 Å². The van der Waals surface area contributed by atoms with Crippen LogP contribution in [0.2, 0.25) is 0 Å². The second kappa shape index (κ2) is 7.67. The highest BCUT2D eigenvalue weighted by atomic mass is 16.5. The van der Waals surface area contributed by atoms with Crippen LogP contribution in [0.4, 0.5) is 0 Å². The van der Waals surface area contributed by atoms with Gasteiger partial charge >= 0.3 is 0 Å². The van der Waals surface area contributed by atoms with Crippen molar-refractivity contribution in [3.05, 3.63) is 0 Å². The Morgan fingerprint density at radius 1 is 1.47 bits per heavy atom. The minimum Gasteiger partial charge on any atom is -0.396 e. The van der Waals surface area contributed by atoms with Crippen molar-refractivity contribution in [1.29, 1.82) is 0 Å². The second-order valence-corrected chi connectivity index (χ2v) is 4.92. The molecule has 0 saturated carbocycles. The predicted molar refractivity (Wildman–Crippen MR) is 66.7 cm³/mol. The van der Waals surface area contributed by atoms with Gasteiger partial charge in [0.15, 0.2) is 0 Å². The van der Waals surface area contributed by atoms with Gasteiger partial charge in [-0.2, -0.15) is 0 Å². The third-order valence-electron chi connectivity index (χ3n) is 3.32. The third kappa shape index (κ3) is 5.04. The molecule has 1 aliphatic heterocycles. The van der Waals surface area contributed by atoms with Crippen LogP contribution in [-0.2, 0) is 9.53 Å². The number of carbonyl (C=O) groups is 1. The minimum atomic E-state index is -0.263. The molecule has 3 atom stereocenters. The molecule has 17 heavy (non-hydrogen) atoms. The zero-order valence-corrected chi connectivity index (χ0v) is 10.9. The number of carbonyl (C=O) groups excluding carboxylic acids is 1. The van der Waals surface area contributed by atoms with Crippen molar-refractivity contribution in [3.63, 3.8) is 0 Å². The molecule has 0 aliphatic carbocycles. The first-order valence-electron chi connectivity index (χ1n) is 6.71. The molecule has 0 aromatic heterocycles. The highest BCUT2D eigenvalue weighted by Gasteiger charge is 2.28. The molecule has 0 spiro atoms. The summed E-state index contributed by atoms with van der Waals surface area (Å²) in [6.45, 7) is 4.96. The van der Waals surface area contributed by atoms with Crippen LogP contribution in [0.5, 0.6) is 0 Å². The Morgan fingerprint density at radius 3 is 2.76 bits per heavy atom. The number of aliphatic hydroxyl groups excluding tert-OH is 1. The monoisotopic (exact) mass is 243 g/mol. The van der Waals surface area contributed by atoms with Gasteiger partial charge in [-0.05, 0) is 38.5 Å². The van der Waals surface area contributed by atoms with E-state index in [9.17, 15) is 4.79 Å². The van der Waals surface area contributed by atoms with E-state index < -0.39 is 0 Å². The smallest absolute Gasteiger partial charge is 0.249 e. The van der Waals surface area contributed by atoms with Crippen molar-refractivity contribution in [2.75, 3.05) is 13.2 Å². The Labute approximate surface area is 104 Å². The van der Waals surface area contributed by atoms with E-state index in [2.05, 4.69) is 12.2 Å². The summed E-state index contributed by atoms with van der Waals surface area (Å²) >= 11 is 0. The van der Waals surface area contributed by atoms with Gasteiger partial charge in [0.2, 0.25) is 5.91 Å². The Balaban J connectivity index is 2.25. The molecule has 0 aromatic rings. The predicted octanol–water partition coefficient (Wildman–Crippen LogP) is 1.47. The van der Waals surface area contributed by atoms with Crippen molar-refractivity contribution in [1.82, 2.24) is 5.32 Å². The number of aliphatic hydroxyl groups is 1. The van der Waals surface area contributed by atoms with Crippen LogP contribution in [0.3, 0.4) is 0 Å². The molecule has 100 valence electrons. The summed E-state index contributed by atoms with van der Waals surface area (Å²) in [6, 6.07) is 0. The lowest BCUT2D eigenvalue weighted by molar-refractivity contribution is -0.131. The molecule has 1 amide bonds. The molecule has 1 heterocycles. The normalized spacial score (nSPS) is 25.8. The van der Waals surface area contributed by atoms with Crippen LogP contribution in [0.1, 0.15) is 46.0 Å². The van der Waals surface area contributed by atoms with Crippen LogP contribution in [0.25, 0.3) is 0 Å². The number of hydrogen-bond donors (Lipinski definition) is 2. The largest absolute Gasteiger partial charge is 0.396 e. The molecule has 1 rings (SSSR count). The van der Waals surface area contributed by atoms with E-state index in [4.69, 9.17) is 9.84 Å². The Kier molecular flexibility index (Phi) is 6.52. The molecule has 3 unspecified atom stereocenters. The average molecular weight is 243 g/mol. The zero-order chi connectivity index (χ0) is 12.7. The summed E-state index contributed by atoms with van der Waals surface area (Å²) in [6.07, 6.45) is 4.62. The molecule has 0 radical (unpaired) electrons. The third-order valence-corrected chi connectivity index (χ3v) is 3.32. The van der Waals surface area contributed by atoms with Crippen molar-refractivity contribution < 1.29 is 14.6 Å². The summed E-state index contributed by atoms with van der Waals surface area (Å²) in [5.74, 6) is 0.390. The highest BCUT2D eigenvalue weighted by molar-refractivity contribution is 5.80. The molecule has 4 nitrogen and oxygen atoms in total. The summed E-state index contributed by atoms with van der Waals surface area (Å²) in [7, 11) is 0. The molecule has 4 heteroatoms. The van der Waals surface area contributed by atoms with Crippen LogP contribution in [0, 0.1) is 5.92 Å². The fraction of sp³-hybridized carbons (Fsp3) is 0.923. The highest BCUT2D eigenvalue weighted by Crippen LogP contribution is 2.19. The molecule has 0 bridgehead atoms. The molecule has 2 N–H and O–H groups in total. The first-order chi connectivity index (χ1) is 8.17. The summed E-state index contributed by atoms with van der Waals surface area (Å²) in [5.41, 5.74) is 0. The SMILES string of the molecule is CCCC(CCO)CNC(=O)C1CCC(C)O1. The van der Waals surface area contributed by atoms with Crippen molar-refractivity contribution >= 4 is 5.91 Å². The quantitative estimate of drug-likeness (QED) is 0.712. The van der Waals surface area contributed by atoms with E-state index >= 15 is 0 Å². The van der Waals surface area contributed by atoms with Gasteiger partial charge in [0.25, 0.3) is 0 Å². The Morgan fingerprint density at radius 2 is 2.24 bits per heavy atom. The lowest BCUT2D eigenvalue weighted by Gasteiger charge is -2.17. The van der Waals surface area contributed by atoms with Gasteiger partial charge in [-0.1, -0.05) is 13.3 Å². The minimum absolute atomic E-state index is 0.00777. The molecule has 1 saturated heterocycles. The van der Waals surface area contributed by atoms with Crippen molar-refractivity contribution in [2.24, 2.45) is 5.92 Å². The topological polar surface area (TPSA) is 58.6 Å². The number of amides is 1. The molecular formula is C13H25NO3. The number of nitrogens with one attached hydrogen (secondary N) is 1. The standard InChI is InChI=1S/C13H25NO3/c1-3-4-11(7-8-15)9-14-13(16)12-6-5-10(2)17-12/h10-12,15H,3-9H2,1-2H3,(H,14,16). The fourth-order valence-corrected chi connectivity index (χ4v) is 2.29. The van der Waals surface area contributed by atoms with Gasteiger partial charge in [0, 0.05) is 13.2 Å².